The second-order valence-corrected chi connectivity index (χ2v) is 6.48. The van der Waals surface area contributed by atoms with Gasteiger partial charge in [-0.2, -0.15) is 13.2 Å². The van der Waals surface area contributed by atoms with Crippen LogP contribution in [0.1, 0.15) is 18.4 Å². The van der Waals surface area contributed by atoms with Crippen LogP contribution in [-0.2, 0) is 11.0 Å². The quantitative estimate of drug-likeness (QED) is 0.811. The first-order valence-corrected chi connectivity index (χ1v) is 8.52. The van der Waals surface area contributed by atoms with Crippen molar-refractivity contribution in [3.8, 4) is 0 Å². The number of carbonyl (C=O) groups is 1. The van der Waals surface area contributed by atoms with Crippen LogP contribution in [-0.4, -0.2) is 37.0 Å². The molecule has 4 nitrogen and oxygen atoms in total. The van der Waals surface area contributed by atoms with Crippen LogP contribution in [0.4, 0.5) is 27.6 Å². The van der Waals surface area contributed by atoms with E-state index in [2.05, 4.69) is 10.3 Å². The van der Waals surface area contributed by atoms with Gasteiger partial charge in [-0.1, -0.05) is 6.07 Å². The summed E-state index contributed by atoms with van der Waals surface area (Å²) in [7, 11) is 0. The van der Waals surface area contributed by atoms with Crippen LogP contribution in [0.2, 0.25) is 0 Å². The lowest BCUT2D eigenvalue weighted by molar-refractivity contribution is -0.137. The molecule has 1 aromatic carbocycles. The molecule has 1 fully saturated rings. The third-order valence-electron chi connectivity index (χ3n) is 4.61. The van der Waals surface area contributed by atoms with E-state index in [-0.39, 0.29) is 5.52 Å². The Morgan fingerprint density at radius 3 is 2.78 bits per heavy atom. The zero-order chi connectivity index (χ0) is 19.6. The summed E-state index contributed by atoms with van der Waals surface area (Å²) in [6.45, 7) is 0.252. The number of alkyl halides is 5. The van der Waals surface area contributed by atoms with Gasteiger partial charge < -0.3 is 10.2 Å². The monoisotopic (exact) mass is 387 g/mol. The van der Waals surface area contributed by atoms with E-state index in [0.717, 1.165) is 12.1 Å². The number of amides is 1. The second kappa shape index (κ2) is 7.66. The van der Waals surface area contributed by atoms with E-state index in [1.165, 1.54) is 12.3 Å². The number of aromatic nitrogens is 1. The maximum Gasteiger partial charge on any atom is 0.416 e. The van der Waals surface area contributed by atoms with Crippen molar-refractivity contribution < 1.29 is 26.7 Å². The predicted octanol–water partition coefficient (Wildman–Crippen LogP) is 3.85. The molecule has 0 bridgehead atoms. The normalized spacial score (nSPS) is 18.1. The fourth-order valence-corrected chi connectivity index (χ4v) is 3.32. The molecule has 0 spiro atoms. The van der Waals surface area contributed by atoms with Crippen LogP contribution >= 0.6 is 0 Å². The van der Waals surface area contributed by atoms with Gasteiger partial charge in [0.25, 0.3) is 6.43 Å². The van der Waals surface area contributed by atoms with Crippen LogP contribution in [0.25, 0.3) is 10.9 Å². The van der Waals surface area contributed by atoms with Gasteiger partial charge in [-0.15, -0.1) is 0 Å². The van der Waals surface area contributed by atoms with E-state index in [9.17, 15) is 26.7 Å². The first-order chi connectivity index (χ1) is 12.8. The Balaban J connectivity index is 1.83. The zero-order valence-corrected chi connectivity index (χ0v) is 14.3. The molecule has 1 unspecified atom stereocenters. The van der Waals surface area contributed by atoms with Gasteiger partial charge in [0.05, 0.1) is 23.5 Å². The highest BCUT2D eigenvalue weighted by molar-refractivity contribution is 5.92. The topological polar surface area (TPSA) is 45.2 Å². The first-order valence-electron chi connectivity index (χ1n) is 8.52. The lowest BCUT2D eigenvalue weighted by Gasteiger charge is -2.34. The molecular formula is C18H18F5N3O. The van der Waals surface area contributed by atoms with Crippen molar-refractivity contribution in [2.24, 2.45) is 5.92 Å². The van der Waals surface area contributed by atoms with Gasteiger partial charge in [0, 0.05) is 30.4 Å². The lowest BCUT2D eigenvalue weighted by atomic mass is 9.96. The predicted molar refractivity (Wildman–Crippen MR) is 90.7 cm³/mol. The molecule has 1 amide bonds. The highest BCUT2D eigenvalue weighted by Gasteiger charge is 2.31. The van der Waals surface area contributed by atoms with Gasteiger partial charge in [0.2, 0.25) is 5.91 Å². The number of carbonyl (C=O) groups excluding carboxylic acids is 1. The number of anilines is 1. The molecule has 2 aromatic rings. The van der Waals surface area contributed by atoms with E-state index >= 15 is 0 Å². The average molecular weight is 387 g/mol. The van der Waals surface area contributed by atoms with E-state index < -0.39 is 36.5 Å². The summed E-state index contributed by atoms with van der Waals surface area (Å²) in [4.78, 5) is 18.0. The van der Waals surface area contributed by atoms with Crippen molar-refractivity contribution >= 4 is 22.5 Å². The number of hydrogen-bond acceptors (Lipinski definition) is 3. The number of benzene rings is 1. The number of fused-ring (bicyclic) bond motifs is 1. The van der Waals surface area contributed by atoms with Gasteiger partial charge in [0.15, 0.2) is 0 Å². The van der Waals surface area contributed by atoms with Crippen molar-refractivity contribution in [2.45, 2.75) is 25.4 Å². The van der Waals surface area contributed by atoms with E-state index in [1.807, 2.05) is 4.90 Å². The smallest absolute Gasteiger partial charge is 0.370 e. The molecule has 1 aliphatic heterocycles. The summed E-state index contributed by atoms with van der Waals surface area (Å²) in [5.41, 5.74) is 0.120. The van der Waals surface area contributed by atoms with Crippen LogP contribution in [0.15, 0.2) is 30.5 Å². The van der Waals surface area contributed by atoms with Crippen molar-refractivity contribution in [1.82, 2.24) is 10.3 Å². The summed E-state index contributed by atoms with van der Waals surface area (Å²) in [6, 6.07) is 5.07. The third kappa shape index (κ3) is 4.45. The van der Waals surface area contributed by atoms with Crippen molar-refractivity contribution in [1.29, 1.82) is 0 Å². The van der Waals surface area contributed by atoms with Crippen molar-refractivity contribution in [3.63, 3.8) is 0 Å². The number of hydrogen-bond donors (Lipinski definition) is 1. The minimum Gasteiger partial charge on any atom is -0.370 e. The molecule has 27 heavy (non-hydrogen) atoms. The molecule has 1 saturated heterocycles. The van der Waals surface area contributed by atoms with E-state index in [4.69, 9.17) is 0 Å². The Morgan fingerprint density at radius 1 is 1.30 bits per heavy atom. The number of nitrogens with zero attached hydrogens (tertiary/aromatic N) is 2. The minimum atomic E-state index is -4.45. The Kier molecular flexibility index (Phi) is 5.48. The molecule has 146 valence electrons. The standard InChI is InChI=1S/C18H18F5N3O/c19-16(20)9-25-17(27)11-2-1-7-26(10-11)15-5-6-24-14-8-12(18(21,22)23)3-4-13(14)15/h3-6,8,11,16H,1-2,7,9-10H2,(H,25,27). The van der Waals surface area contributed by atoms with Crippen LogP contribution < -0.4 is 10.2 Å². The van der Waals surface area contributed by atoms with E-state index in [1.54, 1.807) is 6.07 Å². The summed E-state index contributed by atoms with van der Waals surface area (Å²) in [5.74, 6) is -0.882. The Labute approximate surface area is 152 Å². The van der Waals surface area contributed by atoms with Crippen molar-refractivity contribution in [2.75, 3.05) is 24.5 Å². The SMILES string of the molecule is O=C(NCC(F)F)C1CCCN(c2ccnc3cc(C(F)(F)F)ccc23)C1. The second-order valence-electron chi connectivity index (χ2n) is 6.48. The fourth-order valence-electron chi connectivity index (χ4n) is 3.32. The molecule has 3 rings (SSSR count). The molecule has 0 radical (unpaired) electrons. The maximum absolute atomic E-state index is 12.9. The summed E-state index contributed by atoms with van der Waals surface area (Å²) >= 11 is 0. The number of rotatable bonds is 4. The maximum atomic E-state index is 12.9. The van der Waals surface area contributed by atoms with Gasteiger partial charge >= 0.3 is 6.18 Å². The summed E-state index contributed by atoms with van der Waals surface area (Å²) < 4.78 is 63.3. The molecule has 1 N–H and O–H groups in total. The minimum absolute atomic E-state index is 0.214. The average Bonchev–Trinajstić information content (AvgIpc) is 2.64. The highest BCUT2D eigenvalue weighted by Crippen LogP contribution is 2.34. The molecule has 9 heteroatoms. The highest BCUT2D eigenvalue weighted by atomic mass is 19.4. The zero-order valence-electron chi connectivity index (χ0n) is 14.3. The number of halogens is 5. The lowest BCUT2D eigenvalue weighted by Crippen LogP contribution is -2.44. The van der Waals surface area contributed by atoms with Gasteiger partial charge in [-0.25, -0.2) is 8.78 Å². The van der Waals surface area contributed by atoms with Crippen LogP contribution in [0.3, 0.4) is 0 Å². The molecule has 2 heterocycles. The van der Waals surface area contributed by atoms with Gasteiger partial charge in [-0.3, -0.25) is 9.78 Å². The largest absolute Gasteiger partial charge is 0.416 e. The van der Waals surface area contributed by atoms with Gasteiger partial charge in [-0.05, 0) is 31.0 Å². The molecule has 1 aromatic heterocycles. The molecule has 0 saturated carbocycles. The Bertz CT molecular complexity index is 824. The Hall–Kier alpha value is -2.45. The van der Waals surface area contributed by atoms with Crippen molar-refractivity contribution in [3.05, 3.63) is 36.0 Å². The fraction of sp³-hybridized carbons (Fsp3) is 0.444. The molecule has 1 aliphatic rings. The molecule has 0 aliphatic carbocycles. The first kappa shape index (κ1) is 19.3. The Morgan fingerprint density at radius 2 is 2.07 bits per heavy atom. The molecule has 1 atom stereocenters. The summed E-state index contributed by atoms with van der Waals surface area (Å²) in [6.07, 6.45) is -4.38. The number of piperidine rings is 1. The van der Waals surface area contributed by atoms with Crippen LogP contribution in [0, 0.1) is 5.92 Å². The molecular weight excluding hydrogens is 369 g/mol. The van der Waals surface area contributed by atoms with E-state index in [0.29, 0.717) is 37.0 Å². The summed E-state index contributed by atoms with van der Waals surface area (Å²) in [5, 5.41) is 2.79. The van der Waals surface area contributed by atoms with Gasteiger partial charge in [0.1, 0.15) is 0 Å². The van der Waals surface area contributed by atoms with Crippen LogP contribution in [0.5, 0.6) is 0 Å². The third-order valence-corrected chi connectivity index (χ3v) is 4.61. The number of nitrogens with one attached hydrogen (secondary N) is 1. The number of pyridine rings is 1.